The van der Waals surface area contributed by atoms with E-state index in [1.807, 2.05) is 6.07 Å². The summed E-state index contributed by atoms with van der Waals surface area (Å²) in [4.78, 5) is 39.9. The van der Waals surface area contributed by atoms with Crippen molar-refractivity contribution in [2.75, 3.05) is 23.8 Å². The van der Waals surface area contributed by atoms with Crippen molar-refractivity contribution in [1.29, 1.82) is 0 Å². The molecule has 0 saturated heterocycles. The molecule has 1 aliphatic rings. The lowest BCUT2D eigenvalue weighted by Gasteiger charge is -2.18. The maximum Gasteiger partial charge on any atom is 0.278 e. The molecule has 10 nitrogen and oxygen atoms in total. The van der Waals surface area contributed by atoms with Crippen molar-refractivity contribution in [2.24, 2.45) is 0 Å². The molecule has 1 aromatic carbocycles. The van der Waals surface area contributed by atoms with E-state index in [-0.39, 0.29) is 18.0 Å². The lowest BCUT2D eigenvalue weighted by atomic mass is 10.0. The number of allylic oxidation sites excluding steroid dienone is 1. The van der Waals surface area contributed by atoms with Gasteiger partial charge in [-0.3, -0.25) is 9.59 Å². The number of rotatable bonds is 6. The summed E-state index contributed by atoms with van der Waals surface area (Å²) >= 11 is 0. The van der Waals surface area contributed by atoms with Gasteiger partial charge in [0.25, 0.3) is 5.56 Å². The zero-order chi connectivity index (χ0) is 24.5. The molecule has 35 heavy (non-hydrogen) atoms. The Morgan fingerprint density at radius 2 is 2.11 bits per heavy atom. The van der Waals surface area contributed by atoms with Crippen LogP contribution in [0.5, 0.6) is 0 Å². The van der Waals surface area contributed by atoms with Crippen molar-refractivity contribution < 1.29 is 4.79 Å². The highest BCUT2D eigenvalue weighted by Gasteiger charge is 2.19. The second kappa shape index (κ2) is 9.15. The second-order valence-corrected chi connectivity index (χ2v) is 8.40. The van der Waals surface area contributed by atoms with E-state index in [2.05, 4.69) is 39.3 Å². The molecule has 0 fully saturated rings. The summed E-state index contributed by atoms with van der Waals surface area (Å²) in [5.41, 5.74) is 4.31. The van der Waals surface area contributed by atoms with E-state index in [0.717, 1.165) is 25.2 Å². The summed E-state index contributed by atoms with van der Waals surface area (Å²) < 4.78 is 3.25. The maximum absolute atomic E-state index is 13.2. The fourth-order valence-electron chi connectivity index (χ4n) is 4.21. The van der Waals surface area contributed by atoms with Gasteiger partial charge in [-0.2, -0.15) is 4.98 Å². The van der Waals surface area contributed by atoms with Crippen LogP contribution in [0, 0.1) is 0 Å². The number of anilines is 3. The summed E-state index contributed by atoms with van der Waals surface area (Å²) in [5, 5.41) is 7.03. The number of nitrogens with one attached hydrogen (secondary N) is 2. The van der Waals surface area contributed by atoms with Gasteiger partial charge in [0.05, 0.1) is 12.2 Å². The van der Waals surface area contributed by atoms with Crippen LogP contribution in [-0.2, 0) is 24.3 Å². The predicted octanol–water partition coefficient (Wildman–Crippen LogP) is 2.54. The summed E-state index contributed by atoms with van der Waals surface area (Å²) in [7, 11) is 1.65. The molecule has 0 saturated carbocycles. The number of carbonyl (C=O) groups excluding carboxylic acids is 1. The smallest absolute Gasteiger partial charge is 0.278 e. The average molecular weight is 471 g/mol. The van der Waals surface area contributed by atoms with Crippen LogP contribution in [0.15, 0.2) is 60.2 Å². The van der Waals surface area contributed by atoms with E-state index >= 15 is 0 Å². The van der Waals surface area contributed by atoms with Gasteiger partial charge in [-0.1, -0.05) is 12.1 Å². The molecule has 1 amide bonds. The molecule has 0 radical (unpaired) electrons. The summed E-state index contributed by atoms with van der Waals surface area (Å²) in [6.07, 6.45) is 5.79. The molecule has 10 heteroatoms. The molecule has 3 aromatic heterocycles. The summed E-state index contributed by atoms with van der Waals surface area (Å²) in [6.45, 7) is 7.34. The topological polar surface area (TPSA) is 110 Å². The number of hydrogen-bond acceptors (Lipinski definition) is 7. The number of fused-ring (bicyclic) bond motifs is 2. The highest BCUT2D eigenvalue weighted by atomic mass is 16.2. The monoisotopic (exact) mass is 470 g/mol. The first kappa shape index (κ1) is 22.5. The van der Waals surface area contributed by atoms with Gasteiger partial charge in [0.2, 0.25) is 11.9 Å². The number of nitrogens with zero attached hydrogens (tertiary/aromatic N) is 6. The molecule has 0 bridgehead atoms. The first-order chi connectivity index (χ1) is 17.0. The van der Waals surface area contributed by atoms with Gasteiger partial charge < -0.3 is 15.5 Å². The molecule has 4 aromatic rings. The minimum Gasteiger partial charge on any atom is -0.324 e. The molecular weight excluding hydrogens is 444 g/mol. The summed E-state index contributed by atoms with van der Waals surface area (Å²) in [6, 6.07) is 9.74. The van der Waals surface area contributed by atoms with E-state index in [4.69, 9.17) is 4.98 Å². The SMILES string of the molecule is C=CCn1c(=O)c2cnc(Nc3ccc4c(c3)CNCC4)nc2n1-c1ccnc(N(C)C(C)=O)c1. The van der Waals surface area contributed by atoms with Crippen molar-refractivity contribution in [3.8, 4) is 5.69 Å². The van der Waals surface area contributed by atoms with Crippen LogP contribution in [0.25, 0.3) is 16.7 Å². The van der Waals surface area contributed by atoms with Gasteiger partial charge in [0, 0.05) is 44.7 Å². The third-order valence-corrected chi connectivity index (χ3v) is 6.12. The zero-order valence-electron chi connectivity index (χ0n) is 19.7. The van der Waals surface area contributed by atoms with Crippen LogP contribution in [0.1, 0.15) is 18.1 Å². The van der Waals surface area contributed by atoms with E-state index in [9.17, 15) is 9.59 Å². The number of amides is 1. The first-order valence-corrected chi connectivity index (χ1v) is 11.4. The summed E-state index contributed by atoms with van der Waals surface area (Å²) in [5.74, 6) is 0.690. The van der Waals surface area contributed by atoms with Gasteiger partial charge in [0.1, 0.15) is 11.2 Å². The van der Waals surface area contributed by atoms with Crippen LogP contribution < -0.4 is 21.1 Å². The molecule has 2 N–H and O–H groups in total. The van der Waals surface area contributed by atoms with Crippen molar-refractivity contribution in [3.63, 3.8) is 0 Å². The Morgan fingerprint density at radius 3 is 2.91 bits per heavy atom. The number of pyridine rings is 1. The van der Waals surface area contributed by atoms with E-state index in [1.54, 1.807) is 36.1 Å². The Bertz CT molecular complexity index is 1500. The van der Waals surface area contributed by atoms with E-state index in [0.29, 0.717) is 28.5 Å². The molecule has 178 valence electrons. The molecule has 1 aliphatic heterocycles. The van der Waals surface area contributed by atoms with Crippen molar-refractivity contribution in [2.45, 2.75) is 26.4 Å². The molecule has 0 spiro atoms. The highest BCUT2D eigenvalue weighted by molar-refractivity contribution is 5.90. The third-order valence-electron chi connectivity index (χ3n) is 6.12. The molecule has 0 unspecified atom stereocenters. The minimum absolute atomic E-state index is 0.149. The number of hydrogen-bond donors (Lipinski definition) is 2. The van der Waals surface area contributed by atoms with Gasteiger partial charge in [-0.25, -0.2) is 19.3 Å². The molecule has 5 rings (SSSR count). The van der Waals surface area contributed by atoms with E-state index in [1.165, 1.54) is 33.8 Å². The quantitative estimate of drug-likeness (QED) is 0.417. The van der Waals surface area contributed by atoms with Crippen LogP contribution in [-0.4, -0.2) is 43.8 Å². The minimum atomic E-state index is -0.232. The van der Waals surface area contributed by atoms with Crippen LogP contribution >= 0.6 is 0 Å². The van der Waals surface area contributed by atoms with Gasteiger partial charge in [-0.05, 0) is 42.3 Å². The number of aromatic nitrogens is 5. The Labute approximate surface area is 201 Å². The van der Waals surface area contributed by atoms with Crippen molar-refractivity contribution >= 4 is 34.4 Å². The Balaban J connectivity index is 1.61. The van der Waals surface area contributed by atoms with Gasteiger partial charge in [-0.15, -0.1) is 6.58 Å². The first-order valence-electron chi connectivity index (χ1n) is 11.4. The lowest BCUT2D eigenvalue weighted by Crippen LogP contribution is -2.25. The number of benzene rings is 1. The Hall–Kier alpha value is -4.31. The van der Waals surface area contributed by atoms with Crippen LogP contribution in [0.4, 0.5) is 17.5 Å². The molecule has 4 heterocycles. The Kier molecular flexibility index (Phi) is 5.87. The largest absolute Gasteiger partial charge is 0.324 e. The van der Waals surface area contributed by atoms with E-state index < -0.39 is 0 Å². The molecule has 0 aliphatic carbocycles. The second-order valence-electron chi connectivity index (χ2n) is 8.40. The Morgan fingerprint density at radius 1 is 1.26 bits per heavy atom. The maximum atomic E-state index is 13.2. The van der Waals surface area contributed by atoms with Crippen LogP contribution in [0.3, 0.4) is 0 Å². The van der Waals surface area contributed by atoms with Crippen molar-refractivity contribution in [3.05, 3.63) is 76.9 Å². The fourth-order valence-corrected chi connectivity index (χ4v) is 4.21. The third kappa shape index (κ3) is 4.19. The molecular formula is C25H26N8O2. The molecule has 0 atom stereocenters. The fraction of sp³-hybridized carbons (Fsp3) is 0.240. The standard InChI is InChI=1S/C25H26N8O2/c1-4-11-32-24(35)21-15-28-25(29-19-6-5-17-7-9-26-14-18(17)12-19)30-23(21)33(32)20-8-10-27-22(13-20)31(3)16(2)34/h4-6,8,10,12-13,15,26H,1,7,9,11,14H2,2-3H3,(H,28,29,30). The van der Waals surface area contributed by atoms with Crippen LogP contribution in [0.2, 0.25) is 0 Å². The zero-order valence-corrected chi connectivity index (χ0v) is 19.7. The van der Waals surface area contributed by atoms with Gasteiger partial charge in [0.15, 0.2) is 5.65 Å². The highest BCUT2D eigenvalue weighted by Crippen LogP contribution is 2.23. The lowest BCUT2D eigenvalue weighted by molar-refractivity contribution is -0.116. The van der Waals surface area contributed by atoms with Crippen molar-refractivity contribution in [1.82, 2.24) is 29.6 Å². The number of carbonyl (C=O) groups is 1. The average Bonchev–Trinajstić information content (AvgIpc) is 3.14. The normalized spacial score (nSPS) is 12.9. The predicted molar refractivity (Wildman–Crippen MR) is 135 cm³/mol. The van der Waals surface area contributed by atoms with Gasteiger partial charge >= 0.3 is 0 Å².